The van der Waals surface area contributed by atoms with Gasteiger partial charge in [-0.1, -0.05) is 18.2 Å². The van der Waals surface area contributed by atoms with Crippen LogP contribution in [0, 0.1) is 0 Å². The Labute approximate surface area is 136 Å². The highest BCUT2D eigenvalue weighted by Gasteiger charge is 2.20. The smallest absolute Gasteiger partial charge is 0.326 e. The summed E-state index contributed by atoms with van der Waals surface area (Å²) in [4.78, 5) is 35.4. The molecule has 2 aromatic rings. The van der Waals surface area contributed by atoms with Gasteiger partial charge in [0.15, 0.2) is 0 Å². The summed E-state index contributed by atoms with van der Waals surface area (Å²) < 4.78 is 1.03. The number of carbonyl (C=O) groups excluding carboxylic acids is 1. The minimum absolute atomic E-state index is 0.313. The summed E-state index contributed by atoms with van der Waals surface area (Å²) >= 11 is 1.50. The van der Waals surface area contributed by atoms with Crippen molar-refractivity contribution in [3.8, 4) is 0 Å². The summed E-state index contributed by atoms with van der Waals surface area (Å²) in [6.45, 7) is -0.313. The van der Waals surface area contributed by atoms with Gasteiger partial charge in [-0.15, -0.1) is 0 Å². The average molecular weight is 335 g/mol. The van der Waals surface area contributed by atoms with Crippen molar-refractivity contribution in [3.63, 3.8) is 0 Å². The van der Waals surface area contributed by atoms with Gasteiger partial charge in [0.2, 0.25) is 5.91 Å². The van der Waals surface area contributed by atoms with Crippen LogP contribution < -0.4 is 10.9 Å². The number of hydrogen-bond acceptors (Lipinski definition) is 5. The van der Waals surface area contributed by atoms with Gasteiger partial charge in [0.1, 0.15) is 12.6 Å². The third-order valence-corrected chi connectivity index (χ3v) is 3.94. The predicted molar refractivity (Wildman–Crippen MR) is 88.6 cm³/mol. The maximum absolute atomic E-state index is 12.3. The van der Waals surface area contributed by atoms with Gasteiger partial charge >= 0.3 is 5.97 Å². The molecule has 1 amide bonds. The number of amides is 1. The van der Waals surface area contributed by atoms with Gasteiger partial charge < -0.3 is 10.4 Å². The molecule has 0 radical (unpaired) electrons. The fraction of sp³-hybridized carbons (Fsp3) is 0.333. The molecule has 7 nitrogen and oxygen atoms in total. The van der Waals surface area contributed by atoms with E-state index >= 15 is 0 Å². The zero-order valence-electron chi connectivity index (χ0n) is 12.6. The number of fused-ring (bicyclic) bond motifs is 1. The lowest BCUT2D eigenvalue weighted by atomic mass is 10.2. The van der Waals surface area contributed by atoms with E-state index in [4.69, 9.17) is 5.11 Å². The van der Waals surface area contributed by atoms with Crippen LogP contribution in [0.25, 0.3) is 10.8 Å². The van der Waals surface area contributed by atoms with Crippen LogP contribution in [0.15, 0.2) is 35.3 Å². The van der Waals surface area contributed by atoms with Crippen LogP contribution in [0.5, 0.6) is 0 Å². The van der Waals surface area contributed by atoms with Crippen LogP contribution in [0.3, 0.4) is 0 Å². The highest BCUT2D eigenvalue weighted by molar-refractivity contribution is 7.98. The molecule has 2 rings (SSSR count). The number of hydrogen-bond donors (Lipinski definition) is 2. The second-order valence-electron chi connectivity index (χ2n) is 4.93. The van der Waals surface area contributed by atoms with Crippen molar-refractivity contribution in [3.05, 3.63) is 40.8 Å². The van der Waals surface area contributed by atoms with E-state index in [-0.39, 0.29) is 12.1 Å². The van der Waals surface area contributed by atoms with Crippen molar-refractivity contribution in [1.82, 2.24) is 15.1 Å². The van der Waals surface area contributed by atoms with Gasteiger partial charge in [0, 0.05) is 5.39 Å². The Kier molecular flexibility index (Phi) is 5.75. The molecule has 0 spiro atoms. The zero-order chi connectivity index (χ0) is 16.8. The first-order valence-corrected chi connectivity index (χ1v) is 8.38. The van der Waals surface area contributed by atoms with Crippen LogP contribution in [0.4, 0.5) is 0 Å². The molecule has 0 aliphatic heterocycles. The van der Waals surface area contributed by atoms with Crippen LogP contribution in [-0.2, 0) is 16.1 Å². The van der Waals surface area contributed by atoms with E-state index in [1.807, 2.05) is 6.26 Å². The van der Waals surface area contributed by atoms with Gasteiger partial charge in [0.05, 0.1) is 11.6 Å². The second-order valence-corrected chi connectivity index (χ2v) is 5.92. The summed E-state index contributed by atoms with van der Waals surface area (Å²) in [6.07, 6.45) is 3.69. The van der Waals surface area contributed by atoms with E-state index < -0.39 is 17.9 Å². The molecule has 1 aromatic carbocycles. The largest absolute Gasteiger partial charge is 0.480 e. The van der Waals surface area contributed by atoms with E-state index in [0.29, 0.717) is 22.9 Å². The number of carboxylic acid groups (broad SMARTS) is 1. The number of carboxylic acids is 1. The number of benzene rings is 1. The molecule has 0 saturated heterocycles. The molecule has 0 fully saturated rings. The van der Waals surface area contributed by atoms with Gasteiger partial charge in [-0.2, -0.15) is 16.9 Å². The highest BCUT2D eigenvalue weighted by Crippen LogP contribution is 2.06. The monoisotopic (exact) mass is 335 g/mol. The lowest BCUT2D eigenvalue weighted by Crippen LogP contribution is -2.44. The SMILES string of the molecule is CSCC[C@H](NC(=O)Cn1ncc2ccccc2c1=O)C(=O)O. The maximum atomic E-state index is 12.3. The first-order chi connectivity index (χ1) is 11.0. The molecule has 2 N–H and O–H groups in total. The van der Waals surface area contributed by atoms with Crippen molar-refractivity contribution in [2.24, 2.45) is 0 Å². The fourth-order valence-electron chi connectivity index (χ4n) is 2.11. The minimum Gasteiger partial charge on any atom is -0.480 e. The molecule has 1 atom stereocenters. The standard InChI is InChI=1S/C15H17N3O4S/c1-23-7-6-12(15(21)22)17-13(19)9-18-14(20)11-5-3-2-4-10(11)8-16-18/h2-5,8,12H,6-7,9H2,1H3,(H,17,19)(H,21,22)/t12-/m0/s1. The van der Waals surface area contributed by atoms with Crippen molar-refractivity contribution in [1.29, 1.82) is 0 Å². The van der Waals surface area contributed by atoms with E-state index in [1.165, 1.54) is 18.0 Å². The van der Waals surface area contributed by atoms with Gasteiger partial charge in [-0.05, 0) is 24.5 Å². The molecular formula is C15H17N3O4S. The van der Waals surface area contributed by atoms with Crippen molar-refractivity contribution < 1.29 is 14.7 Å². The number of aliphatic carboxylic acids is 1. The Morgan fingerprint density at radius 2 is 2.13 bits per heavy atom. The lowest BCUT2D eigenvalue weighted by molar-refractivity contribution is -0.142. The Morgan fingerprint density at radius 3 is 2.83 bits per heavy atom. The summed E-state index contributed by atoms with van der Waals surface area (Å²) in [6, 6.07) is 5.98. The summed E-state index contributed by atoms with van der Waals surface area (Å²) in [7, 11) is 0. The number of carbonyl (C=O) groups is 2. The normalized spacial score (nSPS) is 12.0. The molecule has 122 valence electrons. The number of aromatic nitrogens is 2. The Balaban J connectivity index is 2.12. The predicted octanol–water partition coefficient (Wildman–Crippen LogP) is 0.719. The number of nitrogens with zero attached hydrogens (tertiary/aromatic N) is 2. The Bertz CT molecular complexity index is 775. The Morgan fingerprint density at radius 1 is 1.39 bits per heavy atom. The van der Waals surface area contributed by atoms with Crippen molar-refractivity contribution >= 4 is 34.4 Å². The maximum Gasteiger partial charge on any atom is 0.326 e. The summed E-state index contributed by atoms with van der Waals surface area (Å²) in [5, 5.41) is 16.6. The lowest BCUT2D eigenvalue weighted by Gasteiger charge is -2.14. The zero-order valence-corrected chi connectivity index (χ0v) is 13.4. The number of rotatable bonds is 7. The molecule has 23 heavy (non-hydrogen) atoms. The molecule has 1 heterocycles. The van der Waals surface area contributed by atoms with E-state index in [1.54, 1.807) is 24.3 Å². The van der Waals surface area contributed by atoms with Gasteiger partial charge in [-0.25, -0.2) is 9.48 Å². The summed E-state index contributed by atoms with van der Waals surface area (Å²) in [5.41, 5.74) is -0.380. The van der Waals surface area contributed by atoms with E-state index in [9.17, 15) is 14.4 Å². The molecule has 0 bridgehead atoms. The summed E-state index contributed by atoms with van der Waals surface area (Å²) in [5.74, 6) is -1.03. The molecule has 0 aliphatic rings. The molecule has 0 aliphatic carbocycles. The molecule has 1 aromatic heterocycles. The molecule has 0 unspecified atom stereocenters. The second kappa shape index (κ2) is 7.77. The first kappa shape index (κ1) is 17.0. The van der Waals surface area contributed by atoms with Crippen molar-refractivity contribution in [2.45, 2.75) is 19.0 Å². The highest BCUT2D eigenvalue weighted by atomic mass is 32.2. The van der Waals surface area contributed by atoms with Crippen LogP contribution in [-0.4, -0.2) is 44.8 Å². The number of nitrogens with one attached hydrogen (secondary N) is 1. The fourth-order valence-corrected chi connectivity index (χ4v) is 2.58. The third kappa shape index (κ3) is 4.32. The van der Waals surface area contributed by atoms with Gasteiger partial charge in [0.25, 0.3) is 5.56 Å². The van der Waals surface area contributed by atoms with E-state index in [2.05, 4.69) is 10.4 Å². The van der Waals surface area contributed by atoms with Crippen molar-refractivity contribution in [2.75, 3.05) is 12.0 Å². The minimum atomic E-state index is -1.09. The topological polar surface area (TPSA) is 101 Å². The van der Waals surface area contributed by atoms with Crippen LogP contribution in [0.1, 0.15) is 6.42 Å². The quantitative estimate of drug-likeness (QED) is 0.773. The average Bonchev–Trinajstić information content (AvgIpc) is 2.54. The first-order valence-electron chi connectivity index (χ1n) is 6.99. The Hall–Kier alpha value is -2.35. The molecule has 0 saturated carbocycles. The van der Waals surface area contributed by atoms with Gasteiger partial charge in [-0.3, -0.25) is 9.59 Å². The molecule has 8 heteroatoms. The van der Waals surface area contributed by atoms with E-state index in [0.717, 1.165) is 4.68 Å². The molecular weight excluding hydrogens is 318 g/mol. The van der Waals surface area contributed by atoms with Crippen LogP contribution >= 0.6 is 11.8 Å². The third-order valence-electron chi connectivity index (χ3n) is 3.30. The number of thioether (sulfide) groups is 1. The van der Waals surface area contributed by atoms with Crippen LogP contribution in [0.2, 0.25) is 0 Å².